The summed E-state index contributed by atoms with van der Waals surface area (Å²) in [6.07, 6.45) is 2.00. The van der Waals surface area contributed by atoms with Crippen LogP contribution in [-0.2, 0) is 11.8 Å². The predicted octanol–water partition coefficient (Wildman–Crippen LogP) is 5.18. The molecule has 0 bridgehead atoms. The highest BCUT2D eigenvalue weighted by Gasteiger charge is 2.19. The van der Waals surface area contributed by atoms with Crippen LogP contribution in [0.15, 0.2) is 54.6 Å². The van der Waals surface area contributed by atoms with Gasteiger partial charge in [0.15, 0.2) is 0 Å². The molecule has 0 aliphatic heterocycles. The van der Waals surface area contributed by atoms with E-state index in [2.05, 4.69) is 68.4 Å². The minimum atomic E-state index is 0.160. The molecule has 2 rings (SSSR count). The molecule has 2 aromatic carbocycles. The lowest BCUT2D eigenvalue weighted by atomic mass is 9.82. The van der Waals surface area contributed by atoms with Gasteiger partial charge in [0.2, 0.25) is 0 Å². The Kier molecular flexibility index (Phi) is 4.66. The topological polar surface area (TPSA) is 0 Å². The summed E-state index contributed by atoms with van der Waals surface area (Å²) in [6, 6.07) is 19.5. The normalized spacial score (nSPS) is 11.5. The molecule has 0 atom stereocenters. The van der Waals surface area contributed by atoms with Crippen LogP contribution in [0.4, 0.5) is 0 Å². The van der Waals surface area contributed by atoms with E-state index in [0.717, 1.165) is 12.8 Å². The molecule has 2 aromatic rings. The summed E-state index contributed by atoms with van der Waals surface area (Å²) < 4.78 is 0. The molecule has 0 amide bonds. The fourth-order valence-electron chi connectivity index (χ4n) is 2.29. The maximum absolute atomic E-state index is 5.87. The van der Waals surface area contributed by atoms with Gasteiger partial charge in [0.1, 0.15) is 0 Å². The molecule has 0 radical (unpaired) electrons. The lowest BCUT2D eigenvalue weighted by molar-refractivity contribution is 0.509. The first-order chi connectivity index (χ1) is 9.12. The van der Waals surface area contributed by atoms with E-state index in [4.69, 9.17) is 11.6 Å². The molecule has 19 heavy (non-hydrogen) atoms. The Morgan fingerprint density at radius 2 is 1.42 bits per heavy atom. The van der Waals surface area contributed by atoms with Crippen LogP contribution in [0.3, 0.4) is 0 Å². The number of hydrogen-bond acceptors (Lipinski definition) is 0. The van der Waals surface area contributed by atoms with Gasteiger partial charge in [-0.15, -0.1) is 11.6 Å². The summed E-state index contributed by atoms with van der Waals surface area (Å²) in [5, 5.41) is 0. The summed E-state index contributed by atoms with van der Waals surface area (Å²) >= 11 is 5.87. The van der Waals surface area contributed by atoms with Crippen molar-refractivity contribution in [2.24, 2.45) is 0 Å². The van der Waals surface area contributed by atoms with Crippen molar-refractivity contribution in [2.45, 2.75) is 32.1 Å². The first kappa shape index (κ1) is 14.1. The van der Waals surface area contributed by atoms with Gasteiger partial charge in [-0.1, -0.05) is 68.4 Å². The van der Waals surface area contributed by atoms with E-state index in [1.807, 2.05) is 0 Å². The summed E-state index contributed by atoms with van der Waals surface area (Å²) in [5.41, 5.74) is 4.24. The Morgan fingerprint density at radius 3 is 2.00 bits per heavy atom. The van der Waals surface area contributed by atoms with Crippen molar-refractivity contribution < 1.29 is 0 Å². The van der Waals surface area contributed by atoms with Crippen molar-refractivity contribution in [2.75, 3.05) is 5.88 Å². The monoisotopic (exact) mass is 272 g/mol. The van der Waals surface area contributed by atoms with Gasteiger partial charge >= 0.3 is 0 Å². The Balaban J connectivity index is 2.11. The Hall–Kier alpha value is -1.27. The van der Waals surface area contributed by atoms with Crippen molar-refractivity contribution in [3.63, 3.8) is 0 Å². The second-order valence-electron chi connectivity index (χ2n) is 5.68. The zero-order valence-corrected chi connectivity index (χ0v) is 12.5. The lowest BCUT2D eigenvalue weighted by Gasteiger charge is -2.24. The van der Waals surface area contributed by atoms with E-state index >= 15 is 0 Å². The van der Waals surface area contributed by atoms with Crippen molar-refractivity contribution in [1.82, 2.24) is 0 Å². The molecule has 0 saturated heterocycles. The van der Waals surface area contributed by atoms with Crippen LogP contribution in [0.2, 0.25) is 0 Å². The molecule has 0 fully saturated rings. The van der Waals surface area contributed by atoms with Gasteiger partial charge in [-0.05, 0) is 34.9 Å². The Labute approximate surface area is 121 Å². The summed E-state index contributed by atoms with van der Waals surface area (Å²) in [5.74, 6) is 0.707. The van der Waals surface area contributed by atoms with Gasteiger partial charge in [0.05, 0.1) is 0 Å². The summed E-state index contributed by atoms with van der Waals surface area (Å²) in [6.45, 7) is 4.50. The van der Waals surface area contributed by atoms with E-state index in [9.17, 15) is 0 Å². The molecule has 0 aromatic heterocycles. The highest BCUT2D eigenvalue weighted by Crippen LogP contribution is 2.27. The molecule has 0 aliphatic carbocycles. The van der Waals surface area contributed by atoms with Crippen molar-refractivity contribution >= 4 is 11.6 Å². The first-order valence-electron chi connectivity index (χ1n) is 6.81. The smallest absolute Gasteiger partial charge is 0.0231 e. The van der Waals surface area contributed by atoms with Crippen molar-refractivity contribution in [3.8, 4) is 0 Å². The van der Waals surface area contributed by atoms with Crippen LogP contribution in [0, 0.1) is 0 Å². The average Bonchev–Trinajstić information content (AvgIpc) is 2.40. The minimum absolute atomic E-state index is 0.160. The molecular formula is C18H21Cl. The van der Waals surface area contributed by atoms with E-state index in [-0.39, 0.29) is 5.41 Å². The molecule has 0 N–H and O–H groups in total. The van der Waals surface area contributed by atoms with Gasteiger partial charge in [-0.2, -0.15) is 0 Å². The van der Waals surface area contributed by atoms with Crippen LogP contribution >= 0.6 is 11.6 Å². The zero-order chi connectivity index (χ0) is 13.7. The highest BCUT2D eigenvalue weighted by atomic mass is 35.5. The van der Waals surface area contributed by atoms with Gasteiger partial charge < -0.3 is 0 Å². The largest absolute Gasteiger partial charge is 0.127 e. The Bertz CT molecular complexity index is 497. The fraction of sp³-hybridized carbons (Fsp3) is 0.333. The zero-order valence-electron chi connectivity index (χ0n) is 11.7. The third-order valence-corrected chi connectivity index (χ3v) is 3.89. The minimum Gasteiger partial charge on any atom is -0.127 e. The van der Waals surface area contributed by atoms with Crippen LogP contribution in [-0.4, -0.2) is 5.88 Å². The maximum Gasteiger partial charge on any atom is 0.0231 e. The van der Waals surface area contributed by atoms with E-state index in [0.29, 0.717) is 5.88 Å². The molecule has 0 aliphatic rings. The van der Waals surface area contributed by atoms with Gasteiger partial charge in [-0.3, -0.25) is 0 Å². The SMILES string of the molecule is CC(C)(CCCl)c1ccc(Cc2ccccc2)cc1. The van der Waals surface area contributed by atoms with E-state index < -0.39 is 0 Å². The molecule has 100 valence electrons. The van der Waals surface area contributed by atoms with E-state index in [1.54, 1.807) is 0 Å². The maximum atomic E-state index is 5.87. The van der Waals surface area contributed by atoms with Crippen LogP contribution in [0.25, 0.3) is 0 Å². The van der Waals surface area contributed by atoms with Crippen LogP contribution in [0.5, 0.6) is 0 Å². The standard InChI is InChI=1S/C18H21Cl/c1-18(2,12-13-19)17-10-8-16(9-11-17)14-15-6-4-3-5-7-15/h3-11H,12-14H2,1-2H3. The molecule has 0 nitrogen and oxygen atoms in total. The van der Waals surface area contributed by atoms with Crippen molar-refractivity contribution in [3.05, 3.63) is 71.3 Å². The molecule has 0 unspecified atom stereocenters. The number of alkyl halides is 1. The molecule has 0 heterocycles. The lowest BCUT2D eigenvalue weighted by Crippen LogP contribution is -2.17. The number of benzene rings is 2. The van der Waals surface area contributed by atoms with Gasteiger partial charge in [0, 0.05) is 5.88 Å². The Morgan fingerprint density at radius 1 is 0.842 bits per heavy atom. The molecular weight excluding hydrogens is 252 g/mol. The predicted molar refractivity (Wildman–Crippen MR) is 84.1 cm³/mol. The fourth-order valence-corrected chi connectivity index (χ4v) is 2.76. The third kappa shape index (κ3) is 3.84. The average molecular weight is 273 g/mol. The first-order valence-corrected chi connectivity index (χ1v) is 7.34. The molecule has 0 spiro atoms. The van der Waals surface area contributed by atoms with Crippen molar-refractivity contribution in [1.29, 1.82) is 0 Å². The van der Waals surface area contributed by atoms with Crippen LogP contribution in [0.1, 0.15) is 37.0 Å². The summed E-state index contributed by atoms with van der Waals surface area (Å²) in [7, 11) is 0. The number of hydrogen-bond donors (Lipinski definition) is 0. The number of halogens is 1. The number of rotatable bonds is 5. The van der Waals surface area contributed by atoms with Gasteiger partial charge in [-0.25, -0.2) is 0 Å². The summed E-state index contributed by atoms with van der Waals surface area (Å²) in [4.78, 5) is 0. The second-order valence-corrected chi connectivity index (χ2v) is 6.06. The molecule has 1 heteroatoms. The van der Waals surface area contributed by atoms with Crippen LogP contribution < -0.4 is 0 Å². The quantitative estimate of drug-likeness (QED) is 0.658. The van der Waals surface area contributed by atoms with Gasteiger partial charge in [0.25, 0.3) is 0 Å². The molecule has 0 saturated carbocycles. The highest BCUT2D eigenvalue weighted by molar-refractivity contribution is 6.17. The van der Waals surface area contributed by atoms with E-state index in [1.165, 1.54) is 16.7 Å². The second kappa shape index (κ2) is 6.25. The third-order valence-electron chi connectivity index (χ3n) is 3.71.